The lowest BCUT2D eigenvalue weighted by atomic mass is 9.55. The summed E-state index contributed by atoms with van der Waals surface area (Å²) in [7, 11) is 0. The lowest BCUT2D eigenvalue weighted by molar-refractivity contribution is -0.199. The highest BCUT2D eigenvalue weighted by molar-refractivity contribution is 7.90. The number of carbonyl (C=O) groups is 1. The van der Waals surface area contributed by atoms with Crippen molar-refractivity contribution >= 4 is 24.2 Å². The average molecular weight is 439 g/mol. The van der Waals surface area contributed by atoms with Crippen LogP contribution in [-0.4, -0.2) is 10.8 Å². The van der Waals surface area contributed by atoms with Gasteiger partial charge >= 0.3 is 0 Å². The molecule has 3 aliphatic rings. The Morgan fingerprint density at radius 3 is 2.87 bits per heavy atom. The monoisotopic (exact) mass is 438 g/mol. The number of rotatable bonds is 5. The average Bonchev–Trinajstić information content (AvgIpc) is 3.05. The molecule has 1 heterocycles. The van der Waals surface area contributed by atoms with Gasteiger partial charge < -0.3 is 4.18 Å². The Kier molecular flexibility index (Phi) is 5.60. The van der Waals surface area contributed by atoms with Crippen molar-refractivity contribution in [3.05, 3.63) is 65.0 Å². The third-order valence-corrected chi connectivity index (χ3v) is 7.98. The van der Waals surface area contributed by atoms with E-state index in [1.807, 2.05) is 18.2 Å². The number of pyridine rings is 1. The normalized spacial score (nSPS) is 30.6. The zero-order chi connectivity index (χ0) is 21.4. The fourth-order valence-electron chi connectivity index (χ4n) is 6.14. The third-order valence-electron chi connectivity index (χ3n) is 7.58. The molecule has 162 valence electrons. The summed E-state index contributed by atoms with van der Waals surface area (Å²) in [4.78, 5) is 21.6. The molecular formula is C24H26N2O4S. The fraction of sp³-hybridized carbons (Fsp3) is 0.417. The van der Waals surface area contributed by atoms with E-state index >= 15 is 0 Å². The molecule has 1 aromatic heterocycles. The summed E-state index contributed by atoms with van der Waals surface area (Å²) < 4.78 is 9.97. The first-order chi connectivity index (χ1) is 15.1. The summed E-state index contributed by atoms with van der Waals surface area (Å²) in [5.74, 6) is 7.35. The highest BCUT2D eigenvalue weighted by Crippen LogP contribution is 2.61. The molecule has 0 spiro atoms. The van der Waals surface area contributed by atoms with Crippen molar-refractivity contribution in [3.8, 4) is 5.75 Å². The van der Waals surface area contributed by atoms with Crippen LogP contribution in [-0.2, 0) is 20.5 Å². The highest BCUT2D eigenvalue weighted by atomic mass is 32.2. The van der Waals surface area contributed by atoms with Crippen LogP contribution < -0.4 is 10.1 Å². The predicted molar refractivity (Wildman–Crippen MR) is 118 cm³/mol. The Morgan fingerprint density at radius 1 is 1.23 bits per heavy atom. The minimum absolute atomic E-state index is 0.239. The lowest BCUT2D eigenvalue weighted by Crippen LogP contribution is -2.42. The number of allylic oxidation sites excluding steroid dienone is 1. The van der Waals surface area contributed by atoms with Crippen LogP contribution in [0.2, 0.25) is 0 Å². The van der Waals surface area contributed by atoms with Gasteiger partial charge in [0.25, 0.3) is 12.3 Å². The Labute approximate surface area is 186 Å². The smallest absolute Gasteiger partial charge is 0.260 e. The van der Waals surface area contributed by atoms with Crippen LogP contribution in [0.1, 0.15) is 55.2 Å². The van der Waals surface area contributed by atoms with Gasteiger partial charge in [-0.3, -0.25) is 9.78 Å². The van der Waals surface area contributed by atoms with E-state index in [1.54, 1.807) is 12.4 Å². The second kappa shape index (κ2) is 8.39. The molecule has 0 saturated heterocycles. The van der Waals surface area contributed by atoms with E-state index in [9.17, 15) is 4.79 Å². The molecule has 4 atom stereocenters. The summed E-state index contributed by atoms with van der Waals surface area (Å²) in [6.07, 6.45) is 10.6. The Balaban J connectivity index is 1.39. The molecule has 31 heavy (non-hydrogen) atoms. The van der Waals surface area contributed by atoms with E-state index in [0.717, 1.165) is 49.0 Å². The van der Waals surface area contributed by atoms with Crippen LogP contribution in [0.5, 0.6) is 5.75 Å². The molecule has 2 N–H and O–H groups in total. The molecule has 0 radical (unpaired) electrons. The standard InChI is InChI=1S/C24H26N2O4S/c1-24-9-6-20-19-5-3-18(28-31-30-29-25)13-16(19)2-4-21(20)22(24)14-17(23(24)27)12-15-7-10-26-11-8-15/h3,5,7-8,10-13,20-22H,2,4,6,9,14,25H2,1H3/t20?,21?,22?,24-/m0/s1. The number of Topliss-reactive ketones (excluding diaryl/α,β-unsaturated/α-hetero) is 1. The summed E-state index contributed by atoms with van der Waals surface area (Å²) in [6, 6.07) is 10.2. The minimum atomic E-state index is -0.239. The van der Waals surface area contributed by atoms with Gasteiger partial charge in [-0.1, -0.05) is 13.0 Å². The third kappa shape index (κ3) is 3.69. The Hall–Kier alpha value is -2.19. The van der Waals surface area contributed by atoms with Crippen molar-refractivity contribution in [1.82, 2.24) is 4.98 Å². The molecule has 6 nitrogen and oxygen atoms in total. The second-order valence-electron chi connectivity index (χ2n) is 9.03. The zero-order valence-electron chi connectivity index (χ0n) is 17.5. The van der Waals surface area contributed by atoms with Gasteiger partial charge in [-0.25, -0.2) is 0 Å². The van der Waals surface area contributed by atoms with Crippen LogP contribution in [0.15, 0.2) is 48.3 Å². The van der Waals surface area contributed by atoms with E-state index in [0.29, 0.717) is 35.9 Å². The van der Waals surface area contributed by atoms with E-state index in [-0.39, 0.29) is 5.41 Å². The summed E-state index contributed by atoms with van der Waals surface area (Å²) in [5.41, 5.74) is 4.53. The number of aromatic nitrogens is 1. The fourth-order valence-corrected chi connectivity index (χ4v) is 6.38. The van der Waals surface area contributed by atoms with E-state index in [2.05, 4.69) is 39.4 Å². The highest BCUT2D eigenvalue weighted by Gasteiger charge is 2.56. The van der Waals surface area contributed by atoms with Gasteiger partial charge in [0.05, 0.1) is 0 Å². The first kappa shape index (κ1) is 20.7. The molecule has 3 aliphatic carbocycles. The summed E-state index contributed by atoms with van der Waals surface area (Å²) in [6.45, 7) is 2.20. The van der Waals surface area contributed by atoms with Gasteiger partial charge in [0.15, 0.2) is 5.78 Å². The van der Waals surface area contributed by atoms with Crippen LogP contribution in [0.4, 0.5) is 0 Å². The molecule has 0 amide bonds. The minimum Gasteiger partial charge on any atom is -0.399 e. The molecule has 3 unspecified atom stereocenters. The first-order valence-electron chi connectivity index (χ1n) is 10.7. The number of hydrogen-bond donors (Lipinski definition) is 1. The maximum absolute atomic E-state index is 13.4. The molecule has 2 aromatic rings. The van der Waals surface area contributed by atoms with Gasteiger partial charge in [0, 0.05) is 17.8 Å². The van der Waals surface area contributed by atoms with Gasteiger partial charge in [-0.2, -0.15) is 5.90 Å². The van der Waals surface area contributed by atoms with Crippen molar-refractivity contribution in [1.29, 1.82) is 0 Å². The van der Waals surface area contributed by atoms with Crippen molar-refractivity contribution in [2.24, 2.45) is 23.1 Å². The summed E-state index contributed by atoms with van der Waals surface area (Å²) >= 11 is 0.698. The molecule has 5 rings (SSSR count). The number of fused-ring (bicyclic) bond motifs is 5. The Morgan fingerprint density at radius 2 is 2.06 bits per heavy atom. The van der Waals surface area contributed by atoms with Gasteiger partial charge in [0.2, 0.25) is 0 Å². The van der Waals surface area contributed by atoms with Crippen LogP contribution >= 0.6 is 12.3 Å². The van der Waals surface area contributed by atoms with E-state index in [4.69, 9.17) is 10.1 Å². The van der Waals surface area contributed by atoms with Crippen molar-refractivity contribution < 1.29 is 18.3 Å². The van der Waals surface area contributed by atoms with Crippen molar-refractivity contribution in [2.75, 3.05) is 0 Å². The summed E-state index contributed by atoms with van der Waals surface area (Å²) in [5, 5.41) is 0. The topological polar surface area (TPSA) is 83.7 Å². The lowest BCUT2D eigenvalue weighted by Gasteiger charge is -2.48. The van der Waals surface area contributed by atoms with Gasteiger partial charge in [-0.05, 0) is 102 Å². The van der Waals surface area contributed by atoms with E-state index in [1.165, 1.54) is 11.1 Å². The second-order valence-corrected chi connectivity index (χ2v) is 9.47. The maximum atomic E-state index is 13.4. The number of nitrogens with zero attached hydrogens (tertiary/aromatic N) is 1. The number of hydrogen-bond acceptors (Lipinski definition) is 7. The molecule has 2 fully saturated rings. The number of aryl methyl sites for hydroxylation is 1. The SMILES string of the molecule is C[C@]12CCC3c4ccc(OSOON)cc4CCC3C1CC(=Cc1ccncc1)C2=O. The van der Waals surface area contributed by atoms with Crippen LogP contribution in [0.25, 0.3) is 6.08 Å². The largest absolute Gasteiger partial charge is 0.399 e. The van der Waals surface area contributed by atoms with Gasteiger partial charge in [0.1, 0.15) is 5.75 Å². The molecule has 2 saturated carbocycles. The molecule has 7 heteroatoms. The number of ketones is 1. The maximum Gasteiger partial charge on any atom is 0.260 e. The Bertz CT molecular complexity index is 1010. The first-order valence-corrected chi connectivity index (χ1v) is 11.4. The number of nitrogens with two attached hydrogens (primary N) is 1. The predicted octanol–water partition coefficient (Wildman–Crippen LogP) is 4.96. The van der Waals surface area contributed by atoms with Crippen LogP contribution in [0.3, 0.4) is 0 Å². The molecule has 0 aliphatic heterocycles. The van der Waals surface area contributed by atoms with Crippen molar-refractivity contribution in [2.45, 2.75) is 44.9 Å². The van der Waals surface area contributed by atoms with Gasteiger partial charge in [-0.15, -0.1) is 9.32 Å². The quantitative estimate of drug-likeness (QED) is 0.232. The van der Waals surface area contributed by atoms with Crippen molar-refractivity contribution in [3.63, 3.8) is 0 Å². The number of benzene rings is 1. The number of carbonyl (C=O) groups excluding carboxylic acids is 1. The molecule has 1 aromatic carbocycles. The molecule has 0 bridgehead atoms. The zero-order valence-corrected chi connectivity index (χ0v) is 18.3. The van der Waals surface area contributed by atoms with Crippen LogP contribution in [0, 0.1) is 17.3 Å². The van der Waals surface area contributed by atoms with E-state index < -0.39 is 0 Å². The molecular weight excluding hydrogens is 412 g/mol.